The number of nitrogens with zero attached hydrogens (tertiary/aromatic N) is 5. The molecule has 136 valence electrons. The molecule has 3 rings (SSSR count). The molecule has 0 radical (unpaired) electrons. The number of aromatic nitrogens is 2. The molecule has 0 unspecified atom stereocenters. The second-order valence-electron chi connectivity index (χ2n) is 6.07. The van der Waals surface area contributed by atoms with E-state index in [-0.39, 0.29) is 29.5 Å². The summed E-state index contributed by atoms with van der Waals surface area (Å²) in [5.74, 6) is -0.148. The Bertz CT molecular complexity index is 982. The van der Waals surface area contributed by atoms with Crippen LogP contribution in [0.15, 0.2) is 35.4 Å². The highest BCUT2D eigenvalue weighted by atomic mass is 32.2. The van der Waals surface area contributed by atoms with Gasteiger partial charge in [-0.2, -0.15) is 14.7 Å². The maximum Gasteiger partial charge on any atom is 0.257 e. The van der Waals surface area contributed by atoms with E-state index in [4.69, 9.17) is 5.26 Å². The van der Waals surface area contributed by atoms with Gasteiger partial charge in [-0.05, 0) is 19.1 Å². The molecule has 0 N–H and O–H groups in total. The molecule has 26 heavy (non-hydrogen) atoms. The minimum Gasteiger partial charge on any atom is -0.336 e. The number of carbonyl (C=O) groups is 1. The molecular weight excluding hydrogens is 354 g/mol. The van der Waals surface area contributed by atoms with E-state index in [0.717, 1.165) is 5.69 Å². The van der Waals surface area contributed by atoms with Gasteiger partial charge in [0, 0.05) is 38.9 Å². The molecule has 1 aliphatic heterocycles. The zero-order valence-corrected chi connectivity index (χ0v) is 15.4. The molecule has 0 atom stereocenters. The molecule has 1 aromatic heterocycles. The summed E-state index contributed by atoms with van der Waals surface area (Å²) in [4.78, 5) is 14.3. The fourth-order valence-electron chi connectivity index (χ4n) is 2.93. The van der Waals surface area contributed by atoms with E-state index in [1.54, 1.807) is 28.8 Å². The number of piperazine rings is 1. The van der Waals surface area contributed by atoms with E-state index in [0.29, 0.717) is 18.7 Å². The largest absolute Gasteiger partial charge is 0.336 e. The van der Waals surface area contributed by atoms with Gasteiger partial charge < -0.3 is 4.90 Å². The molecule has 1 saturated heterocycles. The lowest BCUT2D eigenvalue weighted by atomic mass is 10.2. The van der Waals surface area contributed by atoms with E-state index in [9.17, 15) is 13.2 Å². The van der Waals surface area contributed by atoms with Gasteiger partial charge >= 0.3 is 0 Å². The molecule has 2 heterocycles. The Labute approximate surface area is 152 Å². The van der Waals surface area contributed by atoms with Gasteiger partial charge in [-0.25, -0.2) is 8.42 Å². The van der Waals surface area contributed by atoms with Crippen LogP contribution >= 0.6 is 0 Å². The van der Waals surface area contributed by atoms with Gasteiger partial charge in [-0.15, -0.1) is 0 Å². The molecule has 8 nitrogen and oxygen atoms in total. The Hall–Kier alpha value is -2.70. The third-order valence-electron chi connectivity index (χ3n) is 4.62. The van der Waals surface area contributed by atoms with Gasteiger partial charge in [0.15, 0.2) is 0 Å². The normalized spacial score (nSPS) is 15.7. The first-order chi connectivity index (χ1) is 12.4. The zero-order chi connectivity index (χ0) is 18.9. The highest BCUT2D eigenvalue weighted by Crippen LogP contribution is 2.21. The number of benzene rings is 1. The Kier molecular flexibility index (Phi) is 4.80. The van der Waals surface area contributed by atoms with Crippen molar-refractivity contribution in [2.75, 3.05) is 26.2 Å². The van der Waals surface area contributed by atoms with Crippen LogP contribution in [0.4, 0.5) is 0 Å². The van der Waals surface area contributed by atoms with Crippen LogP contribution < -0.4 is 0 Å². The van der Waals surface area contributed by atoms with E-state index < -0.39 is 10.0 Å². The van der Waals surface area contributed by atoms with Gasteiger partial charge in [-0.3, -0.25) is 9.48 Å². The van der Waals surface area contributed by atoms with Crippen molar-refractivity contribution in [2.45, 2.75) is 11.8 Å². The maximum absolute atomic E-state index is 12.8. The quantitative estimate of drug-likeness (QED) is 0.790. The second-order valence-corrected chi connectivity index (χ2v) is 7.98. The van der Waals surface area contributed by atoms with E-state index in [1.165, 1.54) is 22.6 Å². The lowest BCUT2D eigenvalue weighted by Crippen LogP contribution is -2.50. The summed E-state index contributed by atoms with van der Waals surface area (Å²) in [6.07, 6.45) is 1.53. The van der Waals surface area contributed by atoms with Crippen molar-refractivity contribution < 1.29 is 13.2 Å². The van der Waals surface area contributed by atoms with Crippen LogP contribution in [0.2, 0.25) is 0 Å². The molecule has 1 amide bonds. The van der Waals surface area contributed by atoms with Crippen molar-refractivity contribution in [3.8, 4) is 6.07 Å². The standard InChI is InChI=1S/C17H19N5O3S/c1-13-15(12-19-20(13)2)17(23)21-7-9-22(10-8-21)26(24,25)16-6-4-3-5-14(16)11-18/h3-6,12H,7-10H2,1-2H3. The molecule has 1 aromatic carbocycles. The molecule has 0 saturated carbocycles. The second kappa shape index (κ2) is 6.90. The average Bonchev–Trinajstić information content (AvgIpc) is 3.00. The molecular formula is C17H19N5O3S. The topological polar surface area (TPSA) is 99.3 Å². The van der Waals surface area contributed by atoms with Gasteiger partial charge in [0.05, 0.1) is 22.2 Å². The minimum atomic E-state index is -3.77. The van der Waals surface area contributed by atoms with E-state index in [1.807, 2.05) is 13.0 Å². The van der Waals surface area contributed by atoms with Crippen LogP contribution in [0.1, 0.15) is 21.6 Å². The summed E-state index contributed by atoms with van der Waals surface area (Å²) in [5.41, 5.74) is 1.42. The Morgan fingerprint density at radius 1 is 1.19 bits per heavy atom. The van der Waals surface area contributed by atoms with Crippen LogP contribution in [0.3, 0.4) is 0 Å². The number of amides is 1. The van der Waals surface area contributed by atoms with E-state index >= 15 is 0 Å². The molecule has 2 aromatic rings. The van der Waals surface area contributed by atoms with Crippen molar-refractivity contribution in [1.29, 1.82) is 5.26 Å². The van der Waals surface area contributed by atoms with Crippen LogP contribution in [-0.4, -0.2) is 59.5 Å². The number of aryl methyl sites for hydroxylation is 1. The fourth-order valence-corrected chi connectivity index (χ4v) is 4.50. The maximum atomic E-state index is 12.8. The summed E-state index contributed by atoms with van der Waals surface area (Å²) in [5, 5.41) is 13.2. The zero-order valence-electron chi connectivity index (χ0n) is 14.6. The summed E-state index contributed by atoms with van der Waals surface area (Å²) >= 11 is 0. The highest BCUT2D eigenvalue weighted by molar-refractivity contribution is 7.89. The fraction of sp³-hybridized carbons (Fsp3) is 0.353. The first-order valence-electron chi connectivity index (χ1n) is 8.13. The first kappa shape index (κ1) is 18.1. The Morgan fingerprint density at radius 2 is 1.85 bits per heavy atom. The smallest absolute Gasteiger partial charge is 0.257 e. The molecule has 9 heteroatoms. The Balaban J connectivity index is 1.75. The van der Waals surface area contributed by atoms with Gasteiger partial charge in [0.2, 0.25) is 10.0 Å². The van der Waals surface area contributed by atoms with Crippen LogP contribution in [0.5, 0.6) is 0 Å². The number of sulfonamides is 1. The summed E-state index contributed by atoms with van der Waals surface area (Å²) < 4.78 is 28.6. The lowest BCUT2D eigenvalue weighted by Gasteiger charge is -2.34. The van der Waals surface area contributed by atoms with Crippen molar-refractivity contribution in [2.24, 2.45) is 7.05 Å². The number of carbonyl (C=O) groups excluding carboxylic acids is 1. The van der Waals surface area contributed by atoms with Crippen molar-refractivity contribution in [3.63, 3.8) is 0 Å². The third-order valence-corrected chi connectivity index (χ3v) is 6.57. The summed E-state index contributed by atoms with van der Waals surface area (Å²) in [7, 11) is -2.00. The summed E-state index contributed by atoms with van der Waals surface area (Å²) in [6.45, 7) is 2.78. The average molecular weight is 373 g/mol. The number of hydrogen-bond acceptors (Lipinski definition) is 5. The minimum absolute atomic E-state index is 0.00498. The highest BCUT2D eigenvalue weighted by Gasteiger charge is 2.32. The van der Waals surface area contributed by atoms with Crippen LogP contribution in [-0.2, 0) is 17.1 Å². The third kappa shape index (κ3) is 3.09. The van der Waals surface area contributed by atoms with E-state index in [2.05, 4.69) is 5.10 Å². The molecule has 0 spiro atoms. The van der Waals surface area contributed by atoms with Crippen LogP contribution in [0.25, 0.3) is 0 Å². The predicted molar refractivity (Wildman–Crippen MR) is 93.8 cm³/mol. The van der Waals surface area contributed by atoms with Gasteiger partial charge in [-0.1, -0.05) is 12.1 Å². The Morgan fingerprint density at radius 3 is 2.42 bits per heavy atom. The molecule has 1 fully saturated rings. The number of nitriles is 1. The molecule has 0 aliphatic carbocycles. The SMILES string of the molecule is Cc1c(C(=O)N2CCN(S(=O)(=O)c3ccccc3C#N)CC2)cnn1C. The van der Waals surface area contributed by atoms with Crippen LogP contribution in [0, 0.1) is 18.3 Å². The molecule has 1 aliphatic rings. The number of rotatable bonds is 3. The monoisotopic (exact) mass is 373 g/mol. The molecule has 0 bridgehead atoms. The lowest BCUT2D eigenvalue weighted by molar-refractivity contribution is 0.0697. The summed E-state index contributed by atoms with van der Waals surface area (Å²) in [6, 6.07) is 8.06. The number of hydrogen-bond donors (Lipinski definition) is 0. The van der Waals surface area contributed by atoms with Crippen molar-refractivity contribution in [3.05, 3.63) is 47.3 Å². The predicted octanol–water partition coefficient (Wildman–Crippen LogP) is 0.747. The van der Waals surface area contributed by atoms with Crippen molar-refractivity contribution in [1.82, 2.24) is 19.0 Å². The van der Waals surface area contributed by atoms with Gasteiger partial charge in [0.1, 0.15) is 6.07 Å². The van der Waals surface area contributed by atoms with Crippen molar-refractivity contribution >= 4 is 15.9 Å². The van der Waals surface area contributed by atoms with Gasteiger partial charge in [0.25, 0.3) is 5.91 Å². The first-order valence-corrected chi connectivity index (χ1v) is 9.57.